The average molecular weight is 373 g/mol. The van der Waals surface area contributed by atoms with Crippen LogP contribution in [0.3, 0.4) is 0 Å². The summed E-state index contributed by atoms with van der Waals surface area (Å²) < 4.78 is 7.14. The lowest BCUT2D eigenvalue weighted by Gasteiger charge is -2.17. The van der Waals surface area contributed by atoms with E-state index in [4.69, 9.17) is 4.74 Å². The Morgan fingerprint density at radius 1 is 1.00 bits per heavy atom. The highest BCUT2D eigenvalue weighted by Crippen LogP contribution is 2.46. The van der Waals surface area contributed by atoms with Gasteiger partial charge in [0.15, 0.2) is 0 Å². The predicted molar refractivity (Wildman–Crippen MR) is 109 cm³/mol. The maximum atomic E-state index is 13.3. The molecule has 142 valence electrons. The molecule has 2 aromatic carbocycles. The number of carbonyl (C=O) groups excluding carboxylic acids is 2. The van der Waals surface area contributed by atoms with Crippen molar-refractivity contribution in [1.82, 2.24) is 4.57 Å². The molecule has 0 bridgehead atoms. The first-order chi connectivity index (χ1) is 13.5. The third kappa shape index (κ3) is 2.76. The number of hydrogen-bond donors (Lipinski definition) is 0. The van der Waals surface area contributed by atoms with Gasteiger partial charge in [-0.05, 0) is 18.1 Å². The summed E-state index contributed by atoms with van der Waals surface area (Å²) >= 11 is 0. The van der Waals surface area contributed by atoms with Crippen LogP contribution in [-0.2, 0) is 11.2 Å². The largest absolute Gasteiger partial charge is 0.462 e. The van der Waals surface area contributed by atoms with Gasteiger partial charge in [0.25, 0.3) is 0 Å². The first kappa shape index (κ1) is 18.2. The van der Waals surface area contributed by atoms with Crippen LogP contribution in [0.2, 0.25) is 0 Å². The van der Waals surface area contributed by atoms with Crippen molar-refractivity contribution in [2.45, 2.75) is 27.2 Å². The van der Waals surface area contributed by atoms with Crippen LogP contribution in [0, 0.1) is 5.41 Å². The van der Waals surface area contributed by atoms with Crippen molar-refractivity contribution >= 4 is 11.9 Å². The molecule has 3 aromatic rings. The van der Waals surface area contributed by atoms with Gasteiger partial charge in [0.05, 0.1) is 17.9 Å². The molecule has 0 unspecified atom stereocenters. The monoisotopic (exact) mass is 373 g/mol. The van der Waals surface area contributed by atoms with Crippen molar-refractivity contribution in [3.05, 3.63) is 71.9 Å². The minimum atomic E-state index is -0.560. The second-order valence-electron chi connectivity index (χ2n) is 7.70. The molecular formula is C24H23NO3. The van der Waals surface area contributed by atoms with Gasteiger partial charge < -0.3 is 4.74 Å². The zero-order chi connectivity index (χ0) is 19.9. The van der Waals surface area contributed by atoms with Gasteiger partial charge in [0.1, 0.15) is 0 Å². The van der Waals surface area contributed by atoms with E-state index in [1.54, 1.807) is 11.5 Å². The average Bonchev–Trinajstić information content (AvgIpc) is 3.14. The summed E-state index contributed by atoms with van der Waals surface area (Å²) in [6.45, 7) is 5.93. The molecule has 0 amide bonds. The van der Waals surface area contributed by atoms with Crippen LogP contribution in [-0.4, -0.2) is 23.1 Å². The number of esters is 1. The van der Waals surface area contributed by atoms with Gasteiger partial charge in [0.2, 0.25) is 5.91 Å². The fourth-order valence-corrected chi connectivity index (χ4v) is 3.99. The topological polar surface area (TPSA) is 48.3 Å². The lowest BCUT2D eigenvalue weighted by atomic mass is 9.87. The number of benzene rings is 2. The Morgan fingerprint density at radius 2 is 1.57 bits per heavy atom. The highest BCUT2D eigenvalue weighted by Gasteiger charge is 2.44. The molecule has 4 heteroatoms. The third-order valence-corrected chi connectivity index (χ3v) is 5.25. The normalized spacial score (nSPS) is 14.8. The summed E-state index contributed by atoms with van der Waals surface area (Å²) in [5.74, 6) is -0.369. The van der Waals surface area contributed by atoms with Crippen molar-refractivity contribution in [1.29, 1.82) is 0 Å². The summed E-state index contributed by atoms with van der Waals surface area (Å²) in [7, 11) is 0. The molecule has 0 saturated heterocycles. The first-order valence-corrected chi connectivity index (χ1v) is 9.56. The van der Waals surface area contributed by atoms with E-state index in [0.29, 0.717) is 12.0 Å². The van der Waals surface area contributed by atoms with Crippen LogP contribution in [0.4, 0.5) is 0 Å². The fourth-order valence-electron chi connectivity index (χ4n) is 3.99. The highest BCUT2D eigenvalue weighted by atomic mass is 16.5. The third-order valence-electron chi connectivity index (χ3n) is 5.25. The van der Waals surface area contributed by atoms with Crippen LogP contribution in [0.1, 0.15) is 41.6 Å². The van der Waals surface area contributed by atoms with Crippen LogP contribution in [0.5, 0.6) is 0 Å². The molecule has 1 aromatic heterocycles. The molecule has 0 spiro atoms. The van der Waals surface area contributed by atoms with Crippen LogP contribution >= 0.6 is 0 Å². The number of nitrogens with zero attached hydrogens (tertiary/aromatic N) is 1. The Morgan fingerprint density at radius 3 is 2.14 bits per heavy atom. The van der Waals surface area contributed by atoms with Crippen LogP contribution < -0.4 is 0 Å². The summed E-state index contributed by atoms with van der Waals surface area (Å²) in [4.78, 5) is 26.3. The number of hydrogen-bond acceptors (Lipinski definition) is 3. The summed E-state index contributed by atoms with van der Waals surface area (Å²) in [6.07, 6.45) is 0.507. The van der Waals surface area contributed by atoms with Crippen molar-refractivity contribution < 1.29 is 14.3 Å². The second kappa shape index (κ2) is 6.79. The van der Waals surface area contributed by atoms with Gasteiger partial charge in [0, 0.05) is 23.1 Å². The minimum absolute atomic E-state index is 0.00841. The van der Waals surface area contributed by atoms with E-state index < -0.39 is 5.41 Å². The van der Waals surface area contributed by atoms with Gasteiger partial charge in [-0.1, -0.05) is 74.5 Å². The fraction of sp³-hybridized carbons (Fsp3) is 0.250. The van der Waals surface area contributed by atoms with E-state index in [1.165, 1.54) is 0 Å². The molecule has 0 fully saturated rings. The number of ether oxygens (including phenoxy) is 1. The van der Waals surface area contributed by atoms with Crippen LogP contribution in [0.25, 0.3) is 22.4 Å². The lowest BCUT2D eigenvalue weighted by Crippen LogP contribution is -2.23. The predicted octanol–water partition coefficient (Wildman–Crippen LogP) is 5.22. The van der Waals surface area contributed by atoms with E-state index in [9.17, 15) is 9.59 Å². The molecule has 4 rings (SSSR count). The quantitative estimate of drug-likeness (QED) is 0.589. The standard InChI is InChI=1S/C24H23NO3/c1-4-28-22(26)20-18-15-24(2,3)23(27)25(18)21(17-13-9-6-10-14-17)19(20)16-11-7-5-8-12-16/h5-14H,4,15H2,1-3H3. The van der Waals surface area contributed by atoms with E-state index in [0.717, 1.165) is 28.1 Å². The Kier molecular flexibility index (Phi) is 4.42. The molecule has 1 aliphatic rings. The molecule has 2 heterocycles. The smallest absolute Gasteiger partial charge is 0.340 e. The summed E-state index contributed by atoms with van der Waals surface area (Å²) in [5.41, 5.74) is 4.03. The van der Waals surface area contributed by atoms with E-state index in [1.807, 2.05) is 74.5 Å². The zero-order valence-corrected chi connectivity index (χ0v) is 16.4. The number of carbonyl (C=O) groups is 2. The minimum Gasteiger partial charge on any atom is -0.462 e. The maximum Gasteiger partial charge on any atom is 0.340 e. The van der Waals surface area contributed by atoms with Gasteiger partial charge in [-0.25, -0.2) is 4.79 Å². The first-order valence-electron chi connectivity index (χ1n) is 9.56. The van der Waals surface area contributed by atoms with E-state index >= 15 is 0 Å². The maximum absolute atomic E-state index is 13.3. The Bertz CT molecular complexity index is 1050. The zero-order valence-electron chi connectivity index (χ0n) is 16.4. The van der Waals surface area contributed by atoms with Gasteiger partial charge in [-0.2, -0.15) is 0 Å². The number of aromatic nitrogens is 1. The SMILES string of the molecule is CCOC(=O)c1c(-c2ccccc2)c(-c2ccccc2)n2c1CC(C)(C)C2=O. The molecule has 0 saturated carbocycles. The van der Waals surface area contributed by atoms with Crippen molar-refractivity contribution in [3.8, 4) is 22.4 Å². The van der Waals surface area contributed by atoms with E-state index in [2.05, 4.69) is 0 Å². The molecule has 0 N–H and O–H groups in total. The molecule has 0 aliphatic carbocycles. The van der Waals surface area contributed by atoms with Crippen LogP contribution in [0.15, 0.2) is 60.7 Å². The number of fused-ring (bicyclic) bond motifs is 1. The Hall–Kier alpha value is -3.14. The van der Waals surface area contributed by atoms with Crippen molar-refractivity contribution in [3.63, 3.8) is 0 Å². The molecule has 4 nitrogen and oxygen atoms in total. The van der Waals surface area contributed by atoms with Gasteiger partial charge >= 0.3 is 5.97 Å². The molecular weight excluding hydrogens is 350 g/mol. The number of rotatable bonds is 4. The molecule has 28 heavy (non-hydrogen) atoms. The highest BCUT2D eigenvalue weighted by molar-refractivity contribution is 6.08. The molecule has 0 radical (unpaired) electrons. The summed E-state index contributed by atoms with van der Waals surface area (Å²) in [6, 6.07) is 19.5. The molecule has 1 aliphatic heterocycles. The summed E-state index contributed by atoms with van der Waals surface area (Å²) in [5, 5.41) is 0. The van der Waals surface area contributed by atoms with Crippen molar-refractivity contribution in [2.75, 3.05) is 6.61 Å². The Labute approximate surface area is 164 Å². The Balaban J connectivity index is 2.11. The van der Waals surface area contributed by atoms with Gasteiger partial charge in [-0.3, -0.25) is 9.36 Å². The second-order valence-corrected chi connectivity index (χ2v) is 7.70. The van der Waals surface area contributed by atoms with Crippen molar-refractivity contribution in [2.24, 2.45) is 5.41 Å². The van der Waals surface area contributed by atoms with E-state index in [-0.39, 0.29) is 18.5 Å². The molecule has 0 atom stereocenters. The van der Waals surface area contributed by atoms with Gasteiger partial charge in [-0.15, -0.1) is 0 Å². The lowest BCUT2D eigenvalue weighted by molar-refractivity contribution is 0.0525.